The van der Waals surface area contributed by atoms with Crippen molar-refractivity contribution in [2.75, 3.05) is 0 Å². The quantitative estimate of drug-likeness (QED) is 0.521. The Morgan fingerprint density at radius 3 is 2.41 bits per heavy atom. The molecule has 3 rings (SSSR count). The minimum absolute atomic E-state index is 0.268. The molecule has 1 aromatic heterocycles. The zero-order chi connectivity index (χ0) is 19.2. The predicted molar refractivity (Wildman–Crippen MR) is 106 cm³/mol. The molecule has 5 nitrogen and oxygen atoms in total. The van der Waals surface area contributed by atoms with Crippen molar-refractivity contribution in [1.82, 2.24) is 5.32 Å². The molecule has 0 aliphatic heterocycles. The first kappa shape index (κ1) is 19.0. The van der Waals surface area contributed by atoms with Crippen LogP contribution in [0, 0.1) is 0 Å². The number of aliphatic carboxylic acids is 1. The molecule has 0 saturated heterocycles. The molecule has 136 valence electrons. The molecule has 2 N–H and O–H groups in total. The van der Waals surface area contributed by atoms with Gasteiger partial charge in [-0.15, -0.1) is 0 Å². The molecular formula is C20H14BrNO4S. The Morgan fingerprint density at radius 2 is 1.70 bits per heavy atom. The van der Waals surface area contributed by atoms with Crippen molar-refractivity contribution in [2.45, 2.75) is 9.99 Å². The lowest BCUT2D eigenvalue weighted by atomic mass is 10.2. The van der Waals surface area contributed by atoms with Gasteiger partial charge in [-0.05, 0) is 52.3 Å². The van der Waals surface area contributed by atoms with Crippen LogP contribution in [0.3, 0.4) is 0 Å². The molecule has 7 heteroatoms. The fourth-order valence-electron chi connectivity index (χ4n) is 2.18. The van der Waals surface area contributed by atoms with Crippen LogP contribution in [-0.4, -0.2) is 17.0 Å². The molecule has 2 aromatic carbocycles. The highest BCUT2D eigenvalue weighted by molar-refractivity contribution is 9.10. The average molecular weight is 444 g/mol. The van der Waals surface area contributed by atoms with Crippen LogP contribution in [0.1, 0.15) is 16.1 Å². The Morgan fingerprint density at radius 1 is 1.00 bits per heavy atom. The summed E-state index contributed by atoms with van der Waals surface area (Å²) >= 11 is 4.87. The third-order valence-corrected chi connectivity index (χ3v) is 5.40. The number of furan rings is 1. The third kappa shape index (κ3) is 5.12. The van der Waals surface area contributed by atoms with E-state index in [1.54, 1.807) is 42.5 Å². The van der Waals surface area contributed by atoms with Gasteiger partial charge in [0.2, 0.25) is 0 Å². The number of halogens is 1. The zero-order valence-corrected chi connectivity index (χ0v) is 16.3. The van der Waals surface area contributed by atoms with Gasteiger partial charge in [0.1, 0.15) is 11.5 Å². The van der Waals surface area contributed by atoms with Crippen molar-refractivity contribution in [3.05, 3.63) is 88.2 Å². The standard InChI is InChI=1S/C20H14BrNO4S/c21-15-8-4-5-9-17(15)27-18-11-10-14(26-18)12-16(20(24)25)22-19(23)13-6-2-1-3-7-13/h1-12H,(H,22,23)(H,24,25). The van der Waals surface area contributed by atoms with Crippen molar-refractivity contribution >= 4 is 45.6 Å². The number of amides is 1. The Hall–Kier alpha value is -2.77. The van der Waals surface area contributed by atoms with Crippen molar-refractivity contribution in [2.24, 2.45) is 0 Å². The maximum absolute atomic E-state index is 12.2. The normalized spacial score (nSPS) is 11.2. The van der Waals surface area contributed by atoms with Gasteiger partial charge in [0.15, 0.2) is 5.09 Å². The maximum atomic E-state index is 12.2. The van der Waals surface area contributed by atoms with Gasteiger partial charge < -0.3 is 14.8 Å². The topological polar surface area (TPSA) is 79.5 Å². The van der Waals surface area contributed by atoms with Gasteiger partial charge in [-0.25, -0.2) is 4.79 Å². The van der Waals surface area contributed by atoms with Gasteiger partial charge in [-0.1, -0.05) is 42.1 Å². The second-order valence-electron chi connectivity index (χ2n) is 5.37. The molecule has 0 aliphatic rings. The number of hydrogen-bond acceptors (Lipinski definition) is 4. The summed E-state index contributed by atoms with van der Waals surface area (Å²) in [5, 5.41) is 12.4. The van der Waals surface area contributed by atoms with E-state index in [4.69, 9.17) is 4.42 Å². The van der Waals surface area contributed by atoms with Crippen molar-refractivity contribution in [1.29, 1.82) is 0 Å². The number of rotatable bonds is 6. The van der Waals surface area contributed by atoms with E-state index in [0.29, 0.717) is 16.4 Å². The number of benzene rings is 2. The summed E-state index contributed by atoms with van der Waals surface area (Å²) in [6.45, 7) is 0. The first-order valence-corrected chi connectivity index (χ1v) is 9.47. The lowest BCUT2D eigenvalue weighted by Crippen LogP contribution is -2.27. The van der Waals surface area contributed by atoms with Crippen LogP contribution in [0.5, 0.6) is 0 Å². The molecule has 0 saturated carbocycles. The van der Waals surface area contributed by atoms with Gasteiger partial charge in [0, 0.05) is 21.0 Å². The van der Waals surface area contributed by atoms with Crippen LogP contribution >= 0.6 is 27.7 Å². The highest BCUT2D eigenvalue weighted by Gasteiger charge is 2.14. The smallest absolute Gasteiger partial charge is 0.352 e. The monoisotopic (exact) mass is 443 g/mol. The first-order valence-electron chi connectivity index (χ1n) is 7.86. The Balaban J connectivity index is 1.77. The molecule has 3 aromatic rings. The number of carboxylic acid groups (broad SMARTS) is 1. The second-order valence-corrected chi connectivity index (χ2v) is 7.27. The molecule has 27 heavy (non-hydrogen) atoms. The molecular weight excluding hydrogens is 430 g/mol. The van der Waals surface area contributed by atoms with E-state index in [1.165, 1.54) is 17.8 Å². The second kappa shape index (κ2) is 8.75. The Bertz CT molecular complexity index is 998. The van der Waals surface area contributed by atoms with Gasteiger partial charge in [0.25, 0.3) is 5.91 Å². The van der Waals surface area contributed by atoms with E-state index in [-0.39, 0.29) is 5.70 Å². The summed E-state index contributed by atoms with van der Waals surface area (Å²) in [7, 11) is 0. The van der Waals surface area contributed by atoms with Crippen molar-refractivity contribution in [3.8, 4) is 0 Å². The molecule has 0 fully saturated rings. The Kier molecular flexibility index (Phi) is 6.16. The summed E-state index contributed by atoms with van der Waals surface area (Å²) in [5.74, 6) is -1.43. The van der Waals surface area contributed by atoms with E-state index >= 15 is 0 Å². The molecule has 0 aliphatic carbocycles. The highest BCUT2D eigenvalue weighted by atomic mass is 79.9. The van der Waals surface area contributed by atoms with Crippen molar-refractivity contribution in [3.63, 3.8) is 0 Å². The molecule has 0 spiro atoms. The van der Waals surface area contributed by atoms with E-state index in [2.05, 4.69) is 21.2 Å². The lowest BCUT2D eigenvalue weighted by Gasteiger charge is -2.05. The van der Waals surface area contributed by atoms with Gasteiger partial charge >= 0.3 is 5.97 Å². The number of carbonyl (C=O) groups is 2. The number of hydrogen-bond donors (Lipinski definition) is 2. The van der Waals surface area contributed by atoms with E-state index in [9.17, 15) is 14.7 Å². The zero-order valence-electron chi connectivity index (χ0n) is 13.9. The van der Waals surface area contributed by atoms with Gasteiger partial charge in [-0.2, -0.15) is 0 Å². The molecule has 0 bridgehead atoms. The fourth-order valence-corrected chi connectivity index (χ4v) is 3.51. The summed E-state index contributed by atoms with van der Waals surface area (Å²) in [6.07, 6.45) is 1.28. The summed E-state index contributed by atoms with van der Waals surface area (Å²) in [6, 6.07) is 19.5. The number of carboxylic acids is 1. The average Bonchev–Trinajstić information content (AvgIpc) is 3.10. The highest BCUT2D eigenvalue weighted by Crippen LogP contribution is 2.34. The Labute approximate surface area is 168 Å². The van der Waals surface area contributed by atoms with Crippen LogP contribution in [0.4, 0.5) is 0 Å². The van der Waals surface area contributed by atoms with Crippen LogP contribution in [0.25, 0.3) is 6.08 Å². The summed E-state index contributed by atoms with van der Waals surface area (Å²) in [5.41, 5.74) is 0.102. The first-order chi connectivity index (χ1) is 13.0. The molecule has 0 atom stereocenters. The number of nitrogens with one attached hydrogen (secondary N) is 1. The van der Waals surface area contributed by atoms with E-state index in [0.717, 1.165) is 9.37 Å². The number of carbonyl (C=O) groups excluding carboxylic acids is 1. The van der Waals surface area contributed by atoms with Gasteiger partial charge in [0.05, 0.1) is 0 Å². The largest absolute Gasteiger partial charge is 0.477 e. The van der Waals surface area contributed by atoms with E-state index < -0.39 is 11.9 Å². The molecule has 1 amide bonds. The SMILES string of the molecule is O=C(O)C(=Cc1ccc(Sc2ccccc2Br)o1)NC(=O)c1ccccc1. The van der Waals surface area contributed by atoms with Crippen LogP contribution in [0.15, 0.2) is 91.3 Å². The molecule has 0 unspecified atom stereocenters. The third-order valence-electron chi connectivity index (χ3n) is 3.45. The molecule has 1 heterocycles. The molecule has 0 radical (unpaired) electrons. The predicted octanol–water partition coefficient (Wildman–Crippen LogP) is 5.05. The van der Waals surface area contributed by atoms with Crippen molar-refractivity contribution < 1.29 is 19.1 Å². The van der Waals surface area contributed by atoms with Crippen LogP contribution in [0.2, 0.25) is 0 Å². The minimum atomic E-state index is -1.25. The maximum Gasteiger partial charge on any atom is 0.352 e. The van der Waals surface area contributed by atoms with Crippen LogP contribution < -0.4 is 5.32 Å². The van der Waals surface area contributed by atoms with Gasteiger partial charge in [-0.3, -0.25) is 4.79 Å². The van der Waals surface area contributed by atoms with E-state index in [1.807, 2.05) is 24.3 Å². The van der Waals surface area contributed by atoms with Crippen LogP contribution in [-0.2, 0) is 4.79 Å². The summed E-state index contributed by atoms with van der Waals surface area (Å²) < 4.78 is 6.60. The summed E-state index contributed by atoms with van der Waals surface area (Å²) in [4.78, 5) is 24.6. The fraction of sp³-hybridized carbons (Fsp3) is 0. The lowest BCUT2D eigenvalue weighted by molar-refractivity contribution is -0.132. The minimum Gasteiger partial charge on any atom is -0.477 e.